The monoisotopic (exact) mass is 502 g/mol. The number of amides is 1. The molecule has 35 heavy (non-hydrogen) atoms. The van der Waals surface area contributed by atoms with Crippen LogP contribution in [0, 0.1) is 0 Å². The Morgan fingerprint density at radius 2 is 1.97 bits per heavy atom. The standard InChI is InChI=1S/C25H19ClN6O2S/c26-22-8-7-21(35-22)25(34)29-13-17-14-31(15-30-17)20-6-5-18(32-10-2-1-3-24(32)33)11-19(20)16-4-9-23(27)28-12-16/h1-12,14-15H,13H2,(H2,27,28)(H,29,34). The van der Waals surface area contributed by atoms with Gasteiger partial charge in [0.25, 0.3) is 11.5 Å². The van der Waals surface area contributed by atoms with Gasteiger partial charge in [-0.05, 0) is 48.5 Å². The van der Waals surface area contributed by atoms with Crippen LogP contribution in [0.2, 0.25) is 4.34 Å². The van der Waals surface area contributed by atoms with Crippen LogP contribution in [-0.2, 0) is 6.54 Å². The van der Waals surface area contributed by atoms with Gasteiger partial charge >= 0.3 is 0 Å². The summed E-state index contributed by atoms with van der Waals surface area (Å²) in [5, 5.41) is 2.86. The Morgan fingerprint density at radius 3 is 2.71 bits per heavy atom. The van der Waals surface area contributed by atoms with Crippen molar-refractivity contribution in [1.82, 2.24) is 24.4 Å². The molecule has 0 bridgehead atoms. The van der Waals surface area contributed by atoms with E-state index in [-0.39, 0.29) is 18.0 Å². The van der Waals surface area contributed by atoms with Crippen LogP contribution in [0.1, 0.15) is 15.4 Å². The number of imidazole rings is 1. The molecule has 0 aliphatic carbocycles. The molecule has 0 saturated carbocycles. The minimum atomic E-state index is -0.206. The van der Waals surface area contributed by atoms with E-state index in [0.717, 1.165) is 16.8 Å². The molecule has 174 valence electrons. The predicted octanol–water partition coefficient (Wildman–Crippen LogP) is 4.31. The van der Waals surface area contributed by atoms with Crippen LogP contribution in [0.3, 0.4) is 0 Å². The van der Waals surface area contributed by atoms with Crippen LogP contribution in [0.15, 0.2) is 90.4 Å². The van der Waals surface area contributed by atoms with Crippen molar-refractivity contribution in [1.29, 1.82) is 0 Å². The first-order valence-electron chi connectivity index (χ1n) is 10.6. The lowest BCUT2D eigenvalue weighted by molar-refractivity contribution is 0.0954. The second-order valence-electron chi connectivity index (χ2n) is 7.64. The summed E-state index contributed by atoms with van der Waals surface area (Å²) in [6.45, 7) is 0.262. The Hall–Kier alpha value is -4.21. The van der Waals surface area contributed by atoms with Gasteiger partial charge in [-0.3, -0.25) is 14.2 Å². The van der Waals surface area contributed by atoms with E-state index in [1.807, 2.05) is 35.0 Å². The number of nitrogen functional groups attached to an aromatic ring is 1. The first kappa shape index (κ1) is 22.6. The highest BCUT2D eigenvalue weighted by Crippen LogP contribution is 2.29. The summed E-state index contributed by atoms with van der Waals surface area (Å²) >= 11 is 7.14. The van der Waals surface area contributed by atoms with Gasteiger partial charge in [-0.15, -0.1) is 11.3 Å². The Kier molecular flexibility index (Phi) is 6.17. The van der Waals surface area contributed by atoms with Crippen molar-refractivity contribution in [3.05, 3.63) is 111 Å². The van der Waals surface area contributed by atoms with Gasteiger partial charge in [-0.25, -0.2) is 9.97 Å². The molecule has 5 rings (SSSR count). The molecule has 4 aromatic heterocycles. The van der Waals surface area contributed by atoms with Crippen molar-refractivity contribution >= 4 is 34.7 Å². The number of halogens is 1. The van der Waals surface area contributed by atoms with Gasteiger partial charge in [0.05, 0.1) is 33.5 Å². The number of hydrogen-bond donors (Lipinski definition) is 2. The third-order valence-corrected chi connectivity index (χ3v) is 6.55. The highest BCUT2D eigenvalue weighted by Gasteiger charge is 2.13. The minimum Gasteiger partial charge on any atom is -0.384 e. The first-order valence-corrected chi connectivity index (χ1v) is 11.8. The number of aromatic nitrogens is 4. The van der Waals surface area contributed by atoms with Crippen LogP contribution in [0.25, 0.3) is 22.5 Å². The molecule has 0 unspecified atom stereocenters. The lowest BCUT2D eigenvalue weighted by Crippen LogP contribution is -2.21. The summed E-state index contributed by atoms with van der Waals surface area (Å²) in [4.78, 5) is 33.9. The van der Waals surface area contributed by atoms with E-state index in [9.17, 15) is 9.59 Å². The third kappa shape index (κ3) is 4.86. The lowest BCUT2D eigenvalue weighted by atomic mass is 10.0. The van der Waals surface area contributed by atoms with E-state index in [1.54, 1.807) is 53.6 Å². The first-order chi connectivity index (χ1) is 17.0. The SMILES string of the molecule is Nc1ccc(-c2cc(-n3ccccc3=O)ccc2-n2cnc(CNC(=O)c3ccc(Cl)s3)c2)cn1. The largest absolute Gasteiger partial charge is 0.384 e. The average Bonchev–Trinajstić information content (AvgIpc) is 3.52. The smallest absolute Gasteiger partial charge is 0.261 e. The Balaban J connectivity index is 1.48. The van der Waals surface area contributed by atoms with E-state index in [1.165, 1.54) is 17.4 Å². The number of rotatable bonds is 6. The maximum atomic E-state index is 12.4. The Morgan fingerprint density at radius 1 is 1.09 bits per heavy atom. The second kappa shape index (κ2) is 9.57. The van der Waals surface area contributed by atoms with Gasteiger partial charge in [0, 0.05) is 41.5 Å². The van der Waals surface area contributed by atoms with Gasteiger partial charge < -0.3 is 15.6 Å². The Labute approximate surface area is 209 Å². The zero-order valence-electron chi connectivity index (χ0n) is 18.3. The highest BCUT2D eigenvalue weighted by atomic mass is 35.5. The molecule has 0 radical (unpaired) electrons. The molecule has 0 atom stereocenters. The van der Waals surface area contributed by atoms with Gasteiger partial charge in [0.2, 0.25) is 0 Å². The molecule has 1 aromatic carbocycles. The van der Waals surface area contributed by atoms with E-state index in [2.05, 4.69) is 15.3 Å². The van der Waals surface area contributed by atoms with Gasteiger partial charge in [0.15, 0.2) is 0 Å². The van der Waals surface area contributed by atoms with E-state index >= 15 is 0 Å². The maximum Gasteiger partial charge on any atom is 0.261 e. The number of carbonyl (C=O) groups is 1. The number of nitrogens with one attached hydrogen (secondary N) is 1. The summed E-state index contributed by atoms with van der Waals surface area (Å²) < 4.78 is 4.00. The fraction of sp³-hybridized carbons (Fsp3) is 0.0400. The van der Waals surface area contributed by atoms with Crippen molar-refractivity contribution in [2.75, 3.05) is 5.73 Å². The van der Waals surface area contributed by atoms with Crippen molar-refractivity contribution in [3.63, 3.8) is 0 Å². The maximum absolute atomic E-state index is 12.4. The third-order valence-electron chi connectivity index (χ3n) is 5.32. The topological polar surface area (TPSA) is 108 Å². The molecule has 0 aliphatic heterocycles. The number of nitrogens with two attached hydrogens (primary N) is 1. The molecule has 0 saturated heterocycles. The number of hydrogen-bond acceptors (Lipinski definition) is 6. The summed E-state index contributed by atoms with van der Waals surface area (Å²) in [5.74, 6) is 0.209. The van der Waals surface area contributed by atoms with Crippen LogP contribution in [-0.4, -0.2) is 25.0 Å². The highest BCUT2D eigenvalue weighted by molar-refractivity contribution is 7.17. The molecule has 8 nitrogen and oxygen atoms in total. The average molecular weight is 503 g/mol. The molecule has 0 fully saturated rings. The predicted molar refractivity (Wildman–Crippen MR) is 137 cm³/mol. The van der Waals surface area contributed by atoms with Gasteiger partial charge in [-0.2, -0.15) is 0 Å². The van der Waals surface area contributed by atoms with Crippen molar-refractivity contribution in [3.8, 4) is 22.5 Å². The Bertz CT molecular complexity index is 1570. The summed E-state index contributed by atoms with van der Waals surface area (Å²) in [6.07, 6.45) is 6.94. The van der Waals surface area contributed by atoms with Gasteiger partial charge in [-0.1, -0.05) is 17.7 Å². The normalized spacial score (nSPS) is 10.9. The van der Waals surface area contributed by atoms with E-state index in [4.69, 9.17) is 17.3 Å². The van der Waals surface area contributed by atoms with Crippen LogP contribution in [0.5, 0.6) is 0 Å². The fourth-order valence-corrected chi connectivity index (χ4v) is 4.58. The molecule has 0 spiro atoms. The second-order valence-corrected chi connectivity index (χ2v) is 9.36. The number of carbonyl (C=O) groups excluding carboxylic acids is 1. The summed E-state index contributed by atoms with van der Waals surface area (Å²) in [5.41, 5.74) is 9.56. The molecule has 10 heteroatoms. The molecule has 4 heterocycles. The molecular formula is C25H19ClN6O2S. The zero-order valence-corrected chi connectivity index (χ0v) is 19.8. The minimum absolute atomic E-state index is 0.130. The fourth-order valence-electron chi connectivity index (χ4n) is 3.62. The van der Waals surface area contributed by atoms with E-state index in [0.29, 0.717) is 26.4 Å². The molecule has 3 N–H and O–H groups in total. The molecule has 5 aromatic rings. The molecule has 0 aliphatic rings. The summed E-state index contributed by atoms with van der Waals surface area (Å²) in [7, 11) is 0. The van der Waals surface area contributed by atoms with Crippen LogP contribution in [0.4, 0.5) is 5.82 Å². The zero-order chi connectivity index (χ0) is 24.4. The van der Waals surface area contributed by atoms with Crippen LogP contribution < -0.4 is 16.6 Å². The molecular weight excluding hydrogens is 484 g/mol. The number of nitrogens with zero attached hydrogens (tertiary/aromatic N) is 4. The summed E-state index contributed by atoms with van der Waals surface area (Å²) in [6, 6.07) is 17.7. The number of anilines is 1. The van der Waals surface area contributed by atoms with Crippen LogP contribution >= 0.6 is 22.9 Å². The van der Waals surface area contributed by atoms with Gasteiger partial charge in [0.1, 0.15) is 5.82 Å². The molecule has 1 amide bonds. The number of pyridine rings is 2. The lowest BCUT2D eigenvalue weighted by Gasteiger charge is -2.14. The van der Waals surface area contributed by atoms with Crippen molar-refractivity contribution in [2.24, 2.45) is 0 Å². The quantitative estimate of drug-likeness (QED) is 0.359. The number of benzene rings is 1. The number of thiophene rings is 1. The van der Waals surface area contributed by atoms with Crippen molar-refractivity contribution in [2.45, 2.75) is 6.54 Å². The van der Waals surface area contributed by atoms with Crippen molar-refractivity contribution < 1.29 is 4.79 Å². The van der Waals surface area contributed by atoms with E-state index < -0.39 is 0 Å².